The SMILES string of the molecule is CCc1ccc(CCc2nc(C)n(C)c2C#N)cc1. The third-order valence-electron chi connectivity index (χ3n) is 3.58. The second-order valence-corrected chi connectivity index (χ2v) is 4.80. The summed E-state index contributed by atoms with van der Waals surface area (Å²) in [5.74, 6) is 0.896. The molecule has 0 fully saturated rings. The van der Waals surface area contributed by atoms with Crippen molar-refractivity contribution in [3.05, 3.63) is 52.6 Å². The fourth-order valence-corrected chi connectivity index (χ4v) is 2.20. The molecule has 0 saturated heterocycles. The number of nitrogens with zero attached hydrogens (tertiary/aromatic N) is 3. The van der Waals surface area contributed by atoms with Gasteiger partial charge in [0.25, 0.3) is 0 Å². The van der Waals surface area contributed by atoms with Gasteiger partial charge in [0.2, 0.25) is 0 Å². The van der Waals surface area contributed by atoms with E-state index in [0.717, 1.165) is 30.8 Å². The second-order valence-electron chi connectivity index (χ2n) is 4.80. The average Bonchev–Trinajstić information content (AvgIpc) is 2.72. The van der Waals surface area contributed by atoms with E-state index < -0.39 is 0 Å². The maximum Gasteiger partial charge on any atom is 0.143 e. The van der Waals surface area contributed by atoms with Crippen LogP contribution in [-0.4, -0.2) is 9.55 Å². The summed E-state index contributed by atoms with van der Waals surface area (Å²) >= 11 is 0. The molecule has 0 radical (unpaired) electrons. The van der Waals surface area contributed by atoms with Gasteiger partial charge in [0.15, 0.2) is 0 Å². The minimum Gasteiger partial charge on any atom is -0.323 e. The van der Waals surface area contributed by atoms with Crippen LogP contribution in [0.15, 0.2) is 24.3 Å². The lowest BCUT2D eigenvalue weighted by Crippen LogP contribution is -1.97. The summed E-state index contributed by atoms with van der Waals surface area (Å²) in [6.45, 7) is 4.09. The molecule has 0 unspecified atom stereocenters. The van der Waals surface area contributed by atoms with Crippen molar-refractivity contribution in [1.29, 1.82) is 5.26 Å². The van der Waals surface area contributed by atoms with E-state index in [1.165, 1.54) is 11.1 Å². The van der Waals surface area contributed by atoms with E-state index in [2.05, 4.69) is 42.2 Å². The Hall–Kier alpha value is -2.08. The first-order valence-corrected chi connectivity index (χ1v) is 6.65. The molecule has 0 amide bonds. The summed E-state index contributed by atoms with van der Waals surface area (Å²) < 4.78 is 1.86. The molecule has 0 spiro atoms. The lowest BCUT2D eigenvalue weighted by Gasteiger charge is -2.02. The van der Waals surface area contributed by atoms with Crippen LogP contribution in [0.5, 0.6) is 0 Å². The molecule has 0 aliphatic heterocycles. The van der Waals surface area contributed by atoms with E-state index in [1.54, 1.807) is 0 Å². The zero-order chi connectivity index (χ0) is 13.8. The van der Waals surface area contributed by atoms with Crippen LogP contribution < -0.4 is 0 Å². The fraction of sp³-hybridized carbons (Fsp3) is 0.375. The van der Waals surface area contributed by atoms with Crippen LogP contribution >= 0.6 is 0 Å². The van der Waals surface area contributed by atoms with Crippen molar-refractivity contribution in [3.63, 3.8) is 0 Å². The maximum atomic E-state index is 9.17. The quantitative estimate of drug-likeness (QED) is 0.840. The molecule has 3 nitrogen and oxygen atoms in total. The van der Waals surface area contributed by atoms with Crippen LogP contribution in [-0.2, 0) is 26.3 Å². The summed E-state index contributed by atoms with van der Waals surface area (Å²) in [6.07, 6.45) is 2.81. The third-order valence-corrected chi connectivity index (χ3v) is 3.58. The highest BCUT2D eigenvalue weighted by Gasteiger charge is 2.11. The number of aromatic nitrogens is 2. The molecule has 3 heteroatoms. The van der Waals surface area contributed by atoms with Crippen molar-refractivity contribution >= 4 is 0 Å². The summed E-state index contributed by atoms with van der Waals surface area (Å²) in [7, 11) is 1.89. The summed E-state index contributed by atoms with van der Waals surface area (Å²) in [6, 6.07) is 10.9. The Morgan fingerprint density at radius 2 is 1.79 bits per heavy atom. The molecule has 98 valence electrons. The topological polar surface area (TPSA) is 41.6 Å². The molecule has 2 rings (SSSR count). The first-order valence-electron chi connectivity index (χ1n) is 6.65. The van der Waals surface area contributed by atoms with Crippen molar-refractivity contribution in [2.45, 2.75) is 33.1 Å². The highest BCUT2D eigenvalue weighted by atomic mass is 15.1. The summed E-state index contributed by atoms with van der Waals surface area (Å²) in [5.41, 5.74) is 4.24. The minimum absolute atomic E-state index is 0.683. The Morgan fingerprint density at radius 1 is 1.16 bits per heavy atom. The van der Waals surface area contributed by atoms with Crippen molar-refractivity contribution in [1.82, 2.24) is 9.55 Å². The van der Waals surface area contributed by atoms with E-state index in [4.69, 9.17) is 5.26 Å². The van der Waals surface area contributed by atoms with Crippen molar-refractivity contribution in [2.75, 3.05) is 0 Å². The third kappa shape index (κ3) is 2.85. The summed E-state index contributed by atoms with van der Waals surface area (Å²) in [4.78, 5) is 4.47. The molecule has 0 aliphatic carbocycles. The molecule has 1 heterocycles. The number of imidazole rings is 1. The van der Waals surface area contributed by atoms with Gasteiger partial charge in [0, 0.05) is 7.05 Å². The molecule has 0 saturated carbocycles. The lowest BCUT2D eigenvalue weighted by molar-refractivity contribution is 0.844. The molecule has 0 N–H and O–H groups in total. The van der Waals surface area contributed by atoms with Gasteiger partial charge in [-0.15, -0.1) is 0 Å². The molecule has 0 atom stereocenters. The zero-order valence-corrected chi connectivity index (χ0v) is 11.8. The van der Waals surface area contributed by atoms with Gasteiger partial charge in [0.1, 0.15) is 17.6 Å². The van der Waals surface area contributed by atoms with Crippen molar-refractivity contribution in [3.8, 4) is 6.07 Å². The number of aryl methyl sites for hydroxylation is 4. The van der Waals surface area contributed by atoms with Gasteiger partial charge >= 0.3 is 0 Å². The molecular weight excluding hydrogens is 234 g/mol. The molecule has 19 heavy (non-hydrogen) atoms. The molecule has 1 aromatic heterocycles. The van der Waals surface area contributed by atoms with Crippen molar-refractivity contribution in [2.24, 2.45) is 7.05 Å². The Labute approximate surface area is 114 Å². The predicted molar refractivity (Wildman–Crippen MR) is 75.9 cm³/mol. The van der Waals surface area contributed by atoms with E-state index in [1.807, 2.05) is 18.5 Å². The van der Waals surface area contributed by atoms with Crippen molar-refractivity contribution < 1.29 is 0 Å². The number of hydrogen-bond donors (Lipinski definition) is 0. The van der Waals surface area contributed by atoms with Gasteiger partial charge in [-0.1, -0.05) is 31.2 Å². The Morgan fingerprint density at radius 3 is 2.37 bits per heavy atom. The van der Waals surface area contributed by atoms with Gasteiger partial charge in [-0.25, -0.2) is 4.98 Å². The highest BCUT2D eigenvalue weighted by Crippen LogP contribution is 2.13. The largest absolute Gasteiger partial charge is 0.323 e. The van der Waals surface area contributed by atoms with Crippen LogP contribution in [0.2, 0.25) is 0 Å². The van der Waals surface area contributed by atoms with E-state index in [-0.39, 0.29) is 0 Å². The maximum absolute atomic E-state index is 9.17. The predicted octanol–water partition coefficient (Wildman–Crippen LogP) is 2.95. The Kier molecular flexibility index (Phi) is 4.01. The molecular formula is C16H19N3. The molecule has 0 aliphatic rings. The van der Waals surface area contributed by atoms with Crippen LogP contribution in [0, 0.1) is 18.3 Å². The molecule has 2 aromatic rings. The highest BCUT2D eigenvalue weighted by molar-refractivity contribution is 5.30. The lowest BCUT2D eigenvalue weighted by atomic mass is 10.0. The van der Waals surface area contributed by atoms with E-state index in [0.29, 0.717) is 5.69 Å². The monoisotopic (exact) mass is 253 g/mol. The normalized spacial score (nSPS) is 10.4. The van der Waals surface area contributed by atoms with E-state index in [9.17, 15) is 0 Å². The summed E-state index contributed by atoms with van der Waals surface area (Å²) in [5, 5.41) is 9.17. The number of nitriles is 1. The van der Waals surface area contributed by atoms with Gasteiger partial charge in [-0.3, -0.25) is 0 Å². The first-order chi connectivity index (χ1) is 9.15. The van der Waals surface area contributed by atoms with E-state index >= 15 is 0 Å². The Bertz CT molecular complexity index is 600. The van der Waals surface area contributed by atoms with Gasteiger partial charge < -0.3 is 4.57 Å². The standard InChI is InChI=1S/C16H19N3/c1-4-13-5-7-14(8-6-13)9-10-15-16(11-17)19(3)12(2)18-15/h5-8H,4,9-10H2,1-3H3. The van der Waals surface area contributed by atoms with Crippen LogP contribution in [0.4, 0.5) is 0 Å². The van der Waals surface area contributed by atoms with Crippen LogP contribution in [0.25, 0.3) is 0 Å². The molecule has 0 bridgehead atoms. The number of benzene rings is 1. The number of hydrogen-bond acceptors (Lipinski definition) is 2. The average molecular weight is 253 g/mol. The van der Waals surface area contributed by atoms with Gasteiger partial charge in [-0.05, 0) is 37.3 Å². The van der Waals surface area contributed by atoms with Crippen LogP contribution in [0.3, 0.4) is 0 Å². The minimum atomic E-state index is 0.683. The fourth-order valence-electron chi connectivity index (χ4n) is 2.20. The molecule has 1 aromatic carbocycles. The Balaban J connectivity index is 2.10. The zero-order valence-electron chi connectivity index (χ0n) is 11.8. The smallest absolute Gasteiger partial charge is 0.143 e. The first kappa shape index (κ1) is 13.4. The second kappa shape index (κ2) is 5.71. The van der Waals surface area contributed by atoms with Gasteiger partial charge in [-0.2, -0.15) is 5.26 Å². The van der Waals surface area contributed by atoms with Crippen LogP contribution in [0.1, 0.15) is 35.3 Å². The van der Waals surface area contributed by atoms with Gasteiger partial charge in [0.05, 0.1) is 5.69 Å². The number of rotatable bonds is 4.